The van der Waals surface area contributed by atoms with E-state index in [9.17, 15) is 14.4 Å². The Morgan fingerprint density at radius 3 is 2.36 bits per heavy atom. The average molecular weight is 404 g/mol. The summed E-state index contributed by atoms with van der Waals surface area (Å²) in [5, 5.41) is 5.81. The molecule has 0 radical (unpaired) electrons. The van der Waals surface area contributed by atoms with Crippen LogP contribution < -0.4 is 10.6 Å². The second-order valence-corrected chi connectivity index (χ2v) is 6.48. The first-order chi connectivity index (χ1) is 13.3. The highest BCUT2D eigenvalue weighted by atomic mass is 35.5. The highest BCUT2D eigenvalue weighted by Gasteiger charge is 2.19. The number of esters is 1. The summed E-state index contributed by atoms with van der Waals surface area (Å²) < 4.78 is 4.47. The van der Waals surface area contributed by atoms with Crippen molar-refractivity contribution in [3.8, 4) is 0 Å². The summed E-state index contributed by atoms with van der Waals surface area (Å²) in [7, 11) is 2.92. The molecule has 7 nitrogen and oxygen atoms in total. The first-order valence-corrected chi connectivity index (χ1v) is 8.94. The van der Waals surface area contributed by atoms with Crippen molar-refractivity contribution in [1.82, 2.24) is 10.2 Å². The molecule has 0 saturated carbocycles. The van der Waals surface area contributed by atoms with E-state index >= 15 is 0 Å². The number of halogens is 1. The van der Waals surface area contributed by atoms with Gasteiger partial charge >= 0.3 is 12.0 Å². The smallest absolute Gasteiger partial charge is 0.325 e. The van der Waals surface area contributed by atoms with Crippen LogP contribution in [0.1, 0.15) is 28.9 Å². The number of rotatable bonds is 6. The van der Waals surface area contributed by atoms with Crippen LogP contribution in [0, 0.1) is 0 Å². The maximum atomic E-state index is 12.5. The highest BCUT2D eigenvalue weighted by molar-refractivity contribution is 6.31. The minimum absolute atomic E-state index is 0.210. The maximum absolute atomic E-state index is 12.5. The lowest BCUT2D eigenvalue weighted by atomic mass is 10.1. The van der Waals surface area contributed by atoms with Crippen molar-refractivity contribution >= 4 is 35.2 Å². The van der Waals surface area contributed by atoms with Gasteiger partial charge in [-0.15, -0.1) is 0 Å². The van der Waals surface area contributed by atoms with Crippen molar-refractivity contribution in [2.45, 2.75) is 13.0 Å². The topological polar surface area (TPSA) is 87.7 Å². The van der Waals surface area contributed by atoms with E-state index in [2.05, 4.69) is 15.4 Å². The van der Waals surface area contributed by atoms with Crippen LogP contribution in [0.2, 0.25) is 5.02 Å². The molecule has 1 unspecified atom stereocenters. The molecule has 2 aromatic rings. The number of hydrogen-bond donors (Lipinski definition) is 2. The van der Waals surface area contributed by atoms with Gasteiger partial charge in [-0.05, 0) is 42.8 Å². The lowest BCUT2D eigenvalue weighted by Crippen LogP contribution is -2.33. The molecule has 0 aliphatic carbocycles. The molecule has 28 heavy (non-hydrogen) atoms. The summed E-state index contributed by atoms with van der Waals surface area (Å²) in [4.78, 5) is 37.1. The molecule has 0 heterocycles. The van der Waals surface area contributed by atoms with Gasteiger partial charge in [0.15, 0.2) is 0 Å². The van der Waals surface area contributed by atoms with Crippen LogP contribution in [-0.2, 0) is 9.53 Å². The molecule has 2 N–H and O–H groups in total. The predicted octanol–water partition coefficient (Wildman–Crippen LogP) is 3.47. The summed E-state index contributed by atoms with van der Waals surface area (Å²) in [5.74, 6) is -0.944. The van der Waals surface area contributed by atoms with Crippen LogP contribution in [-0.4, -0.2) is 43.5 Å². The van der Waals surface area contributed by atoms with Crippen LogP contribution in [0.15, 0.2) is 48.5 Å². The molecule has 148 valence electrons. The fourth-order valence-electron chi connectivity index (χ4n) is 2.44. The molecule has 1 atom stereocenters. The van der Waals surface area contributed by atoms with E-state index in [0.717, 1.165) is 5.56 Å². The van der Waals surface area contributed by atoms with E-state index in [-0.39, 0.29) is 18.6 Å². The Kier molecular flexibility index (Phi) is 7.40. The Hall–Kier alpha value is -3.06. The first-order valence-electron chi connectivity index (χ1n) is 8.56. The Morgan fingerprint density at radius 1 is 1.11 bits per heavy atom. The van der Waals surface area contributed by atoms with Gasteiger partial charge < -0.3 is 20.3 Å². The van der Waals surface area contributed by atoms with Crippen LogP contribution in [0.5, 0.6) is 0 Å². The minimum Gasteiger partial charge on any atom is -0.468 e. The molecule has 0 aliphatic heterocycles. The van der Waals surface area contributed by atoms with Crippen molar-refractivity contribution in [3.63, 3.8) is 0 Å². The van der Waals surface area contributed by atoms with Gasteiger partial charge in [0.05, 0.1) is 13.2 Å². The predicted molar refractivity (Wildman–Crippen MR) is 107 cm³/mol. The summed E-state index contributed by atoms with van der Waals surface area (Å²) in [6, 6.07) is 13.2. The van der Waals surface area contributed by atoms with Gasteiger partial charge in [-0.1, -0.05) is 29.8 Å². The molecule has 0 fully saturated rings. The number of carbonyl (C=O) groups excluding carboxylic acids is 3. The summed E-state index contributed by atoms with van der Waals surface area (Å²) >= 11 is 6.20. The number of methoxy groups -OCH3 is 1. The average Bonchev–Trinajstić information content (AvgIpc) is 2.71. The second kappa shape index (κ2) is 9.75. The Morgan fingerprint density at radius 2 is 1.75 bits per heavy atom. The van der Waals surface area contributed by atoms with Gasteiger partial charge in [-0.3, -0.25) is 9.59 Å². The van der Waals surface area contributed by atoms with Crippen molar-refractivity contribution in [2.24, 2.45) is 0 Å². The highest BCUT2D eigenvalue weighted by Crippen LogP contribution is 2.26. The van der Waals surface area contributed by atoms with Gasteiger partial charge in [0.1, 0.15) is 6.54 Å². The molecule has 3 amide bonds. The molecular weight excluding hydrogens is 382 g/mol. The van der Waals surface area contributed by atoms with Crippen LogP contribution in [0.3, 0.4) is 0 Å². The van der Waals surface area contributed by atoms with Crippen molar-refractivity contribution in [1.29, 1.82) is 0 Å². The van der Waals surface area contributed by atoms with Crippen molar-refractivity contribution < 1.29 is 19.1 Å². The van der Waals surface area contributed by atoms with Crippen LogP contribution in [0.25, 0.3) is 0 Å². The lowest BCUT2D eigenvalue weighted by molar-refractivity contribution is -0.139. The number of nitrogens with one attached hydrogen (secondary N) is 2. The second-order valence-electron chi connectivity index (χ2n) is 6.07. The molecule has 0 saturated heterocycles. The summed E-state index contributed by atoms with van der Waals surface area (Å²) in [6.07, 6.45) is 0. The number of anilines is 1. The monoisotopic (exact) mass is 403 g/mol. The normalized spacial score (nSPS) is 11.3. The van der Waals surface area contributed by atoms with Crippen LogP contribution in [0.4, 0.5) is 10.5 Å². The standard InChI is InChI=1S/C20H22ClN3O4/c1-13(16-6-4-5-7-17(16)21)24(2)20(27)23-15-10-8-14(9-11-15)19(26)22-12-18(25)28-3/h4-11,13H,12H2,1-3H3,(H,22,26)(H,23,27). The van der Waals surface area contributed by atoms with Gasteiger partial charge in [-0.2, -0.15) is 0 Å². The van der Waals surface area contributed by atoms with Crippen molar-refractivity contribution in [3.05, 3.63) is 64.7 Å². The van der Waals surface area contributed by atoms with E-state index in [1.54, 1.807) is 37.4 Å². The first kappa shape index (κ1) is 21.2. The fraction of sp³-hybridized carbons (Fsp3) is 0.250. The van der Waals surface area contributed by atoms with Gasteiger partial charge in [-0.25, -0.2) is 4.79 Å². The number of urea groups is 1. The molecule has 8 heteroatoms. The van der Waals surface area contributed by atoms with E-state index in [0.29, 0.717) is 16.3 Å². The molecule has 2 rings (SSSR count). The zero-order valence-corrected chi connectivity index (χ0v) is 16.6. The number of ether oxygens (including phenoxy) is 1. The summed E-state index contributed by atoms with van der Waals surface area (Å²) in [6.45, 7) is 1.67. The SMILES string of the molecule is COC(=O)CNC(=O)c1ccc(NC(=O)N(C)C(C)c2ccccc2Cl)cc1. The number of carbonyl (C=O) groups is 3. The van der Waals surface area contributed by atoms with E-state index in [1.165, 1.54) is 12.0 Å². The number of benzene rings is 2. The van der Waals surface area contributed by atoms with Gasteiger partial charge in [0.25, 0.3) is 5.91 Å². The largest absolute Gasteiger partial charge is 0.468 e. The molecule has 0 aromatic heterocycles. The van der Waals surface area contributed by atoms with Gasteiger partial charge in [0, 0.05) is 23.3 Å². The maximum Gasteiger partial charge on any atom is 0.325 e. The summed E-state index contributed by atoms with van der Waals surface area (Å²) in [5.41, 5.74) is 1.74. The Bertz CT molecular complexity index is 855. The van der Waals surface area contributed by atoms with E-state index in [1.807, 2.05) is 25.1 Å². The zero-order valence-electron chi connectivity index (χ0n) is 15.9. The Labute approximate surface area is 168 Å². The molecule has 0 aliphatic rings. The third-order valence-electron chi connectivity index (χ3n) is 4.28. The van der Waals surface area contributed by atoms with Gasteiger partial charge in [0.2, 0.25) is 0 Å². The number of hydrogen-bond acceptors (Lipinski definition) is 4. The third kappa shape index (κ3) is 5.47. The molecule has 0 bridgehead atoms. The quantitative estimate of drug-likeness (QED) is 0.723. The number of amides is 3. The molecular formula is C20H22ClN3O4. The lowest BCUT2D eigenvalue weighted by Gasteiger charge is -2.26. The number of nitrogens with zero attached hydrogens (tertiary/aromatic N) is 1. The Balaban J connectivity index is 1.97. The fourth-order valence-corrected chi connectivity index (χ4v) is 2.74. The van der Waals surface area contributed by atoms with Crippen molar-refractivity contribution in [2.75, 3.05) is 26.0 Å². The van der Waals surface area contributed by atoms with E-state index < -0.39 is 11.9 Å². The van der Waals surface area contributed by atoms with E-state index in [4.69, 9.17) is 11.6 Å². The minimum atomic E-state index is -0.534. The zero-order chi connectivity index (χ0) is 20.7. The molecule has 0 spiro atoms. The van der Waals surface area contributed by atoms with Crippen LogP contribution >= 0.6 is 11.6 Å². The molecule has 2 aromatic carbocycles. The third-order valence-corrected chi connectivity index (χ3v) is 4.62.